The van der Waals surface area contributed by atoms with Crippen LogP contribution in [0.15, 0.2) is 76.9 Å². The van der Waals surface area contributed by atoms with E-state index in [4.69, 9.17) is 45.5 Å². The van der Waals surface area contributed by atoms with Crippen LogP contribution in [0.25, 0.3) is 0 Å². The molecule has 0 aliphatic carbocycles. The Morgan fingerprint density at radius 2 is 0.857 bits per heavy atom. The molecule has 119 heavy (non-hydrogen) atoms. The number of esters is 2. The number of nitrogens with two attached hydrogens (primary N) is 2. The number of fused-ring (bicyclic) bond motifs is 3. The first kappa shape index (κ1) is 94.5. The number of hydrogen-bond donors (Lipinski definition) is 2. The maximum Gasteiger partial charge on any atom is 0.312 e. The predicted molar refractivity (Wildman–Crippen MR) is 471 cm³/mol. The van der Waals surface area contributed by atoms with Crippen molar-refractivity contribution < 1.29 is 54.4 Å². The molecule has 0 amide bonds. The summed E-state index contributed by atoms with van der Waals surface area (Å²) < 4.78 is 115. The second-order valence-corrected chi connectivity index (χ2v) is 55.8. The van der Waals surface area contributed by atoms with Crippen LogP contribution in [0.2, 0.25) is 36.3 Å². The number of ketones is 2. The monoisotopic (exact) mass is 1730 g/mol. The number of rotatable bonds is 21. The van der Waals surface area contributed by atoms with Gasteiger partial charge in [-0.25, -0.2) is 43.9 Å². The number of Topliss-reactive ketones (excluding diaryl/α,β-unsaturated/α-hetero) is 2. The number of hydrogen-bond acceptors (Lipinski definition) is 24. The van der Waals surface area contributed by atoms with Crippen molar-refractivity contribution >= 4 is 102 Å². The van der Waals surface area contributed by atoms with Crippen LogP contribution in [0.4, 0.5) is 19.0 Å². The second-order valence-electron chi connectivity index (χ2n) is 36.4. The zero-order valence-corrected chi connectivity index (χ0v) is 78.2. The summed E-state index contributed by atoms with van der Waals surface area (Å²) in [5, 5.41) is 17.8. The van der Waals surface area contributed by atoms with Gasteiger partial charge in [-0.3, -0.25) is 54.1 Å². The number of halogens is 3. The Morgan fingerprint density at radius 1 is 0.504 bits per heavy atom. The maximum absolute atomic E-state index is 17.4. The van der Waals surface area contributed by atoms with Crippen molar-refractivity contribution in [3.05, 3.63) is 128 Å². The fourth-order valence-corrected chi connectivity index (χ4v) is 35.5. The van der Waals surface area contributed by atoms with Gasteiger partial charge in [-0.15, -0.1) is 0 Å². The number of aryl methyl sites for hydroxylation is 2. The minimum atomic E-state index is -3.09. The largest absolute Gasteiger partial charge is 0.460 e. The van der Waals surface area contributed by atoms with Gasteiger partial charge >= 0.3 is 11.9 Å². The molecule has 0 unspecified atom stereocenters. The molecule has 0 aromatic carbocycles. The number of carbonyl (C=O) groups excluding carboxylic acids is 4. The molecule has 0 spiro atoms. The van der Waals surface area contributed by atoms with Crippen molar-refractivity contribution in [3.8, 4) is 12.1 Å². The molecular weight excluding hydrogens is 1610 g/mol. The molecule has 0 radical (unpaired) electrons. The Labute approximate surface area is 704 Å². The number of pyridine rings is 5. The number of anilines is 1. The Hall–Kier alpha value is -8.31. The third-order valence-electron chi connectivity index (χ3n) is 25.7. The average Bonchev–Trinajstić information content (AvgIpc) is 0.705. The molecule has 4 N–H and O–H groups in total. The molecule has 32 heteroatoms. The zero-order valence-electron chi connectivity index (χ0n) is 73.8. The first-order valence-corrected chi connectivity index (χ1v) is 51.5. The Morgan fingerprint density at radius 3 is 1.23 bits per heavy atom. The number of nitriles is 2. The fraction of sp³-hybridized carbons (Fsp3) is 0.609. The van der Waals surface area contributed by atoms with Crippen molar-refractivity contribution in [2.75, 3.05) is 25.4 Å². The van der Waals surface area contributed by atoms with Crippen molar-refractivity contribution in [3.63, 3.8) is 0 Å². The van der Waals surface area contributed by atoms with E-state index in [1.54, 1.807) is 128 Å². The van der Waals surface area contributed by atoms with Gasteiger partial charge in [-0.1, -0.05) is 77.8 Å². The number of carbonyl (C=O) groups is 4. The highest BCUT2D eigenvalue weighted by Crippen LogP contribution is 2.52. The van der Waals surface area contributed by atoms with Crippen LogP contribution in [-0.2, 0) is 77.7 Å². The van der Waals surface area contributed by atoms with Gasteiger partial charge < -0.3 is 20.9 Å². The number of amidine groups is 1. The smallest absolute Gasteiger partial charge is 0.312 e. The Bertz CT molecular complexity index is 5440. The first-order chi connectivity index (χ1) is 55.3. The summed E-state index contributed by atoms with van der Waals surface area (Å²) >= 11 is 0. The lowest BCUT2D eigenvalue weighted by Gasteiger charge is -2.49. The van der Waals surface area contributed by atoms with E-state index in [0.717, 1.165) is 42.7 Å². The number of ether oxygens (including phenoxy) is 2. The standard InChI is InChI=1S/C36H50FN5O4SSi.C27H45FN4O3SSi.C24H27FN6O2S/c1-11-48(12-2,13-3)27-19-25(18-26(43)32-23(4)17-24(21-38)22-39-32)41-33(31(27)37)36(10)29-15-14-16-40-47(29,45)35(8,9)28(42-36)20-30(44)46-34(5,6)7;1-10-37(11-2,12-3)18-16-21(29)31-24(23(18)28)27(9)20-14-13-15-30-36(20,34)26(7,8)19(32-27)17-22(33)35-25(4,5)6;1-14-10-15(12-26)13-28-20(14)18(32)11-16-7-8-17(25)21(30-16)24(4)19-6-5-9-29-34(19,33)23(2,3)22(27)31-24/h17,19,22,29H,11-16,18,20H2,1-10H3;16,20H,10-15,17H2,1-9H3,(H2,29,31);7-8,10,13,19H,5-6,9,11H2,1-4H3,(H2,27,31)/t29-,36-,47-;20-,27-,36-;19-,24-,34-/m000/s1. The van der Waals surface area contributed by atoms with E-state index in [1.807, 2.05) is 26.0 Å². The molecule has 0 saturated heterocycles. The summed E-state index contributed by atoms with van der Waals surface area (Å²) in [5.74, 6) is -2.64. The number of nitrogen functional groups attached to an aromatic ring is 1. The summed E-state index contributed by atoms with van der Waals surface area (Å²) in [6.45, 7) is 44.2. The van der Waals surface area contributed by atoms with Gasteiger partial charge in [0.2, 0.25) is 0 Å². The topological polar surface area (TPSA) is 376 Å². The fourth-order valence-electron chi connectivity index (χ4n) is 18.2. The lowest BCUT2D eigenvalue weighted by atomic mass is 9.87. The van der Waals surface area contributed by atoms with Gasteiger partial charge in [0.25, 0.3) is 0 Å². The molecule has 5 aromatic heterocycles. The van der Waals surface area contributed by atoms with Crippen LogP contribution in [0.5, 0.6) is 0 Å². The second kappa shape index (κ2) is 34.9. The van der Waals surface area contributed by atoms with E-state index >= 15 is 17.4 Å². The van der Waals surface area contributed by atoms with Crippen LogP contribution >= 0.6 is 0 Å². The molecule has 11 heterocycles. The quantitative estimate of drug-likeness (QED) is 0.0391. The van der Waals surface area contributed by atoms with Crippen LogP contribution < -0.4 is 21.8 Å². The van der Waals surface area contributed by atoms with Gasteiger partial charge in [-0.05, 0) is 214 Å². The normalized spacial score (nSPS) is 26.1. The van der Waals surface area contributed by atoms with E-state index in [9.17, 15) is 32.9 Å². The summed E-state index contributed by atoms with van der Waals surface area (Å²) in [5.41, 5.74) is 11.2. The van der Waals surface area contributed by atoms with Crippen molar-refractivity contribution in [1.29, 1.82) is 10.5 Å². The van der Waals surface area contributed by atoms with E-state index in [2.05, 4.69) is 75.2 Å². The van der Waals surface area contributed by atoms with E-state index in [1.165, 1.54) is 24.5 Å². The number of nitrogens with zero attached hydrogens (tertiary/aromatic N) is 13. The number of aromatic nitrogens is 5. The molecule has 24 nitrogen and oxygen atoms in total. The van der Waals surface area contributed by atoms with Crippen LogP contribution in [0.3, 0.4) is 0 Å². The number of aliphatic imine (C=N–C) groups is 3. The minimum absolute atomic E-state index is 0.00980. The third-order valence-corrected chi connectivity index (χ3v) is 48.0. The molecule has 6 aliphatic heterocycles. The van der Waals surface area contributed by atoms with Gasteiger partial charge in [0.05, 0.1) is 107 Å². The molecule has 11 rings (SSSR count). The van der Waals surface area contributed by atoms with Crippen LogP contribution in [0.1, 0.15) is 268 Å². The highest BCUT2D eigenvalue weighted by Gasteiger charge is 2.61. The molecule has 6 aliphatic rings. The Balaban J connectivity index is 0.000000207. The van der Waals surface area contributed by atoms with Crippen molar-refractivity contribution in [2.45, 2.75) is 318 Å². The van der Waals surface area contributed by atoms with E-state index < -0.39 is 127 Å². The summed E-state index contributed by atoms with van der Waals surface area (Å²) in [7, 11) is -13.5. The Kier molecular flexibility index (Phi) is 27.7. The highest BCUT2D eigenvalue weighted by atomic mass is 32.2. The van der Waals surface area contributed by atoms with Gasteiger partial charge in [-0.2, -0.15) is 10.5 Å². The molecule has 646 valence electrons. The maximum atomic E-state index is 17.4. The van der Waals surface area contributed by atoms with Crippen LogP contribution in [-0.4, -0.2) is 155 Å². The lowest BCUT2D eigenvalue weighted by molar-refractivity contribution is -0.154. The third kappa shape index (κ3) is 17.6. The lowest BCUT2D eigenvalue weighted by Crippen LogP contribution is -2.60. The summed E-state index contributed by atoms with van der Waals surface area (Å²) in [6.07, 6.45) is 5.84. The molecule has 9 atom stereocenters. The molecule has 0 saturated carbocycles. The van der Waals surface area contributed by atoms with Crippen molar-refractivity contribution in [2.24, 2.45) is 33.8 Å². The van der Waals surface area contributed by atoms with Gasteiger partial charge in [0.15, 0.2) is 11.6 Å². The van der Waals surface area contributed by atoms with Gasteiger partial charge in [0, 0.05) is 54.8 Å². The van der Waals surface area contributed by atoms with Gasteiger partial charge in [0.1, 0.15) is 102 Å². The minimum Gasteiger partial charge on any atom is -0.460 e. The summed E-state index contributed by atoms with van der Waals surface area (Å²) in [6, 6.07) is 18.4. The first-order valence-electron chi connectivity index (χ1n) is 41.5. The van der Waals surface area contributed by atoms with Crippen molar-refractivity contribution in [1.82, 2.24) is 24.9 Å². The predicted octanol–water partition coefficient (Wildman–Crippen LogP) is 15.3. The average molecular weight is 1730 g/mol. The van der Waals surface area contributed by atoms with Crippen LogP contribution in [0, 0.1) is 54.0 Å². The molecular formula is C87H122F3N15O9S3Si2. The van der Waals surface area contributed by atoms with E-state index in [0.29, 0.717) is 107 Å². The SMILES string of the molecule is CC[Si](CC)(CC)c1cc(CC(=O)c2ncc(C#N)cc2C)nc([C@@]2(C)N=C(CC(=O)OC(C)(C)C)C(C)(C)[S@]3(=O)=NCCC[C@@H]23)c1F.CC[Si](CC)(CC)c1cc(N)nc([C@@]2(C)N=C(CC(=O)OC(C)(C)C)C(C)(C)[S@]3(=O)=NCCC[C@@H]23)c1F.Cc1cc(C#N)cnc1C(=O)Cc1ccc(F)c([C@@]2(C)N=C(N)C(C)(C)[S@]3(=O)=NCCC[C@@H]23)n1. The molecule has 0 bridgehead atoms. The zero-order chi connectivity index (χ0) is 88.8. The summed E-state index contributed by atoms with van der Waals surface area (Å²) in [4.78, 5) is 89.9. The molecule has 5 aromatic rings. The van der Waals surface area contributed by atoms with E-state index in [-0.39, 0.29) is 83.2 Å². The molecule has 0 fully saturated rings. The highest BCUT2D eigenvalue weighted by molar-refractivity contribution is 7.97.